The van der Waals surface area contributed by atoms with Crippen LogP contribution in [-0.2, 0) is 4.79 Å². The summed E-state index contributed by atoms with van der Waals surface area (Å²) in [5.41, 5.74) is 0.487. The number of rotatable bonds is 4. The third-order valence-corrected chi connectivity index (χ3v) is 4.64. The number of amides is 3. The summed E-state index contributed by atoms with van der Waals surface area (Å²) in [6.07, 6.45) is -0.130. The van der Waals surface area contributed by atoms with E-state index in [1.165, 1.54) is 17.0 Å². The molecule has 7 nitrogen and oxygen atoms in total. The fourth-order valence-electron chi connectivity index (χ4n) is 3.30. The van der Waals surface area contributed by atoms with Crippen molar-refractivity contribution in [1.82, 2.24) is 10.6 Å². The highest BCUT2D eigenvalue weighted by molar-refractivity contribution is 5.96. The average Bonchev–Trinajstić information content (AvgIpc) is 3.06. The number of fused-ring (bicyclic) bond motifs is 1. The highest BCUT2D eigenvalue weighted by Crippen LogP contribution is 2.30. The molecule has 8 heteroatoms. The molecule has 3 amide bonds. The highest BCUT2D eigenvalue weighted by Gasteiger charge is 2.32. The predicted molar refractivity (Wildman–Crippen MR) is 100 cm³/mol. The lowest BCUT2D eigenvalue weighted by Gasteiger charge is -2.26. The molecule has 2 heterocycles. The number of carbonyl (C=O) groups excluding carboxylic acids is 2. The Morgan fingerprint density at radius 2 is 2.00 bits per heavy atom. The zero-order valence-electron chi connectivity index (χ0n) is 15.1. The molecule has 0 bridgehead atoms. The lowest BCUT2D eigenvalue weighted by Crippen LogP contribution is -2.47. The molecule has 0 aliphatic carbocycles. The van der Waals surface area contributed by atoms with Gasteiger partial charge in [0.05, 0.1) is 12.6 Å². The van der Waals surface area contributed by atoms with Crippen LogP contribution in [0.15, 0.2) is 48.5 Å². The number of hydrogen-bond donors (Lipinski definition) is 2. The van der Waals surface area contributed by atoms with Gasteiger partial charge in [-0.2, -0.15) is 0 Å². The smallest absolute Gasteiger partial charge is 0.315 e. The van der Waals surface area contributed by atoms with E-state index in [0.717, 1.165) is 0 Å². The number of benzene rings is 2. The molecule has 1 saturated heterocycles. The first-order valence-electron chi connectivity index (χ1n) is 9.07. The largest absolute Gasteiger partial charge is 0.486 e. The molecule has 28 heavy (non-hydrogen) atoms. The average molecular weight is 385 g/mol. The standard InChI is InChI=1S/C20H20FN3O4/c21-13-4-3-5-15(8-13)24-11-14(9-19(24)25)23-20(26)22-10-16-12-27-17-6-1-2-7-18(17)28-16/h1-8,14,16H,9-12H2,(H2,22,23,26). The minimum atomic E-state index is -0.407. The zero-order valence-corrected chi connectivity index (χ0v) is 15.1. The number of ether oxygens (including phenoxy) is 2. The van der Waals surface area contributed by atoms with Crippen LogP contribution in [0.4, 0.5) is 14.9 Å². The number of urea groups is 1. The van der Waals surface area contributed by atoms with Gasteiger partial charge in [-0.1, -0.05) is 18.2 Å². The molecule has 2 aromatic rings. The van der Waals surface area contributed by atoms with E-state index in [1.807, 2.05) is 24.3 Å². The summed E-state index contributed by atoms with van der Waals surface area (Å²) in [5, 5.41) is 5.52. The number of nitrogens with one attached hydrogen (secondary N) is 2. The van der Waals surface area contributed by atoms with Crippen molar-refractivity contribution in [1.29, 1.82) is 0 Å². The number of hydrogen-bond acceptors (Lipinski definition) is 4. The van der Waals surface area contributed by atoms with Crippen molar-refractivity contribution in [3.63, 3.8) is 0 Å². The van der Waals surface area contributed by atoms with Crippen molar-refractivity contribution in [2.75, 3.05) is 24.6 Å². The zero-order chi connectivity index (χ0) is 19.5. The van der Waals surface area contributed by atoms with Crippen LogP contribution in [-0.4, -0.2) is 43.8 Å². The molecule has 4 rings (SSSR count). The van der Waals surface area contributed by atoms with Crippen LogP contribution in [0.25, 0.3) is 0 Å². The van der Waals surface area contributed by atoms with Gasteiger partial charge >= 0.3 is 6.03 Å². The lowest BCUT2D eigenvalue weighted by atomic mass is 10.2. The van der Waals surface area contributed by atoms with Crippen molar-refractivity contribution < 1.29 is 23.5 Å². The third-order valence-electron chi connectivity index (χ3n) is 4.64. The van der Waals surface area contributed by atoms with Gasteiger partial charge < -0.3 is 25.0 Å². The Bertz CT molecular complexity index is 891. The van der Waals surface area contributed by atoms with E-state index in [9.17, 15) is 14.0 Å². The number of halogens is 1. The van der Waals surface area contributed by atoms with Gasteiger partial charge in [-0.25, -0.2) is 9.18 Å². The minimum absolute atomic E-state index is 0.156. The van der Waals surface area contributed by atoms with Gasteiger partial charge in [-0.15, -0.1) is 0 Å². The van der Waals surface area contributed by atoms with Gasteiger partial charge in [0.2, 0.25) is 5.91 Å². The topological polar surface area (TPSA) is 79.9 Å². The molecule has 2 aromatic carbocycles. The molecule has 2 N–H and O–H groups in total. The maximum Gasteiger partial charge on any atom is 0.315 e. The van der Waals surface area contributed by atoms with Crippen LogP contribution >= 0.6 is 0 Å². The number of para-hydroxylation sites is 2. The summed E-state index contributed by atoms with van der Waals surface area (Å²) < 4.78 is 24.8. The maximum absolute atomic E-state index is 13.4. The minimum Gasteiger partial charge on any atom is -0.486 e. The van der Waals surface area contributed by atoms with Gasteiger partial charge in [0, 0.05) is 18.7 Å². The first-order valence-corrected chi connectivity index (χ1v) is 9.07. The first kappa shape index (κ1) is 18.1. The highest BCUT2D eigenvalue weighted by atomic mass is 19.1. The molecular weight excluding hydrogens is 365 g/mol. The van der Waals surface area contributed by atoms with E-state index >= 15 is 0 Å². The van der Waals surface area contributed by atoms with Gasteiger partial charge in [0.15, 0.2) is 17.6 Å². The van der Waals surface area contributed by atoms with Gasteiger partial charge in [-0.3, -0.25) is 4.79 Å². The van der Waals surface area contributed by atoms with Crippen molar-refractivity contribution in [2.45, 2.75) is 18.6 Å². The van der Waals surface area contributed by atoms with E-state index in [4.69, 9.17) is 9.47 Å². The first-order chi connectivity index (χ1) is 13.6. The summed E-state index contributed by atoms with van der Waals surface area (Å²) in [6, 6.07) is 12.5. The summed E-state index contributed by atoms with van der Waals surface area (Å²) in [7, 11) is 0. The summed E-state index contributed by atoms with van der Waals surface area (Å²) in [6.45, 7) is 0.910. The van der Waals surface area contributed by atoms with Crippen molar-refractivity contribution in [3.8, 4) is 11.5 Å². The molecule has 0 aromatic heterocycles. The van der Waals surface area contributed by atoms with Crippen LogP contribution in [0.2, 0.25) is 0 Å². The van der Waals surface area contributed by atoms with Crippen molar-refractivity contribution in [2.24, 2.45) is 0 Å². The SMILES string of the molecule is O=C(NCC1COc2ccccc2O1)NC1CC(=O)N(c2cccc(F)c2)C1. The monoisotopic (exact) mass is 385 g/mol. The lowest BCUT2D eigenvalue weighted by molar-refractivity contribution is -0.117. The van der Waals surface area contributed by atoms with Crippen LogP contribution in [0, 0.1) is 5.82 Å². The van der Waals surface area contributed by atoms with Crippen LogP contribution in [0.1, 0.15) is 6.42 Å². The Labute approximate surface area is 161 Å². The molecule has 1 fully saturated rings. The van der Waals surface area contributed by atoms with E-state index in [-0.39, 0.29) is 37.0 Å². The van der Waals surface area contributed by atoms with E-state index < -0.39 is 5.82 Å². The Balaban J connectivity index is 1.26. The van der Waals surface area contributed by atoms with Crippen molar-refractivity contribution >= 4 is 17.6 Å². The maximum atomic E-state index is 13.4. The molecule has 2 aliphatic heterocycles. The fraction of sp³-hybridized carbons (Fsp3) is 0.300. The molecule has 0 saturated carbocycles. The molecule has 0 spiro atoms. The summed E-state index contributed by atoms with van der Waals surface area (Å²) in [4.78, 5) is 25.9. The van der Waals surface area contributed by atoms with E-state index in [2.05, 4.69) is 10.6 Å². The van der Waals surface area contributed by atoms with E-state index in [0.29, 0.717) is 30.3 Å². The summed E-state index contributed by atoms with van der Waals surface area (Å²) in [5.74, 6) is 0.769. The molecule has 2 atom stereocenters. The van der Waals surface area contributed by atoms with Crippen molar-refractivity contribution in [3.05, 3.63) is 54.3 Å². The van der Waals surface area contributed by atoms with Crippen LogP contribution < -0.4 is 25.0 Å². The molecular formula is C20H20FN3O4. The quantitative estimate of drug-likeness (QED) is 0.845. The second-order valence-corrected chi connectivity index (χ2v) is 6.74. The Morgan fingerprint density at radius 1 is 1.18 bits per heavy atom. The molecule has 2 unspecified atom stereocenters. The molecule has 0 radical (unpaired) electrons. The molecule has 146 valence electrons. The third kappa shape index (κ3) is 4.00. The Hall–Kier alpha value is -3.29. The second kappa shape index (κ2) is 7.75. The summed E-state index contributed by atoms with van der Waals surface area (Å²) >= 11 is 0. The number of carbonyl (C=O) groups is 2. The second-order valence-electron chi connectivity index (χ2n) is 6.74. The van der Waals surface area contributed by atoms with Crippen LogP contribution in [0.5, 0.6) is 11.5 Å². The fourth-order valence-corrected chi connectivity index (χ4v) is 3.30. The van der Waals surface area contributed by atoms with Gasteiger partial charge in [0.25, 0.3) is 0 Å². The Kier molecular flexibility index (Phi) is 5.01. The van der Waals surface area contributed by atoms with Crippen LogP contribution in [0.3, 0.4) is 0 Å². The Morgan fingerprint density at radius 3 is 2.82 bits per heavy atom. The normalized spacial score (nSPS) is 20.8. The number of anilines is 1. The molecule has 2 aliphatic rings. The number of nitrogens with zero attached hydrogens (tertiary/aromatic N) is 1. The van der Waals surface area contributed by atoms with E-state index in [1.54, 1.807) is 12.1 Å². The van der Waals surface area contributed by atoms with Gasteiger partial charge in [-0.05, 0) is 30.3 Å². The predicted octanol–water partition coefficient (Wildman–Crippen LogP) is 2.07. The van der Waals surface area contributed by atoms with Gasteiger partial charge in [0.1, 0.15) is 12.4 Å².